The number of aromatic amines is 2. The molecule has 12 nitrogen and oxygen atoms in total. The van der Waals surface area contributed by atoms with Gasteiger partial charge in [-0.1, -0.05) is 10.3 Å². The predicted molar refractivity (Wildman–Crippen MR) is 71.0 cm³/mol. The first-order valence-corrected chi connectivity index (χ1v) is 5.04. The van der Waals surface area contributed by atoms with Crippen LogP contribution in [0.3, 0.4) is 0 Å². The van der Waals surface area contributed by atoms with Crippen molar-refractivity contribution in [1.29, 1.82) is 0 Å². The fourth-order valence-electron chi connectivity index (χ4n) is 1.12. The predicted octanol–water partition coefficient (Wildman–Crippen LogP) is -1.83. The van der Waals surface area contributed by atoms with Crippen LogP contribution in [0.15, 0.2) is 23.0 Å². The van der Waals surface area contributed by atoms with E-state index in [1.165, 1.54) is 12.7 Å². The molecule has 2 aromatic heterocycles. The second-order valence-electron chi connectivity index (χ2n) is 3.30. The van der Waals surface area contributed by atoms with Crippen LogP contribution in [-0.2, 0) is 17.1 Å². The molecule has 1 radical (unpaired) electrons. The third-order valence-corrected chi connectivity index (χ3v) is 2.07. The summed E-state index contributed by atoms with van der Waals surface area (Å²) in [5.41, 5.74) is 21.7. The van der Waals surface area contributed by atoms with Crippen LogP contribution in [0.4, 0.5) is 11.6 Å². The number of oxime groups is 2. The number of nitrogens with one attached hydrogen (secondary N) is 2. The van der Waals surface area contributed by atoms with Crippen LogP contribution < -0.4 is 22.9 Å². The van der Waals surface area contributed by atoms with Crippen LogP contribution in [0.2, 0.25) is 0 Å². The number of rotatable bonds is 2. The van der Waals surface area contributed by atoms with E-state index in [1.807, 2.05) is 0 Å². The molecule has 13 heteroatoms. The molecule has 0 unspecified atom stereocenters. The van der Waals surface area contributed by atoms with Gasteiger partial charge < -0.3 is 43.3 Å². The maximum atomic E-state index is 8.19. The molecule has 0 saturated carbocycles. The van der Waals surface area contributed by atoms with Gasteiger partial charge in [0.1, 0.15) is 11.4 Å². The zero-order chi connectivity index (χ0) is 15.1. The number of hydrogen-bond donors (Lipinski definition) is 8. The summed E-state index contributed by atoms with van der Waals surface area (Å²) in [4.78, 5) is 12.5. The minimum atomic E-state index is -0.0741. The molecular formula is C8H14CuN10O2+2. The first-order valence-electron chi connectivity index (χ1n) is 5.04. The second kappa shape index (κ2) is 8.29. The van der Waals surface area contributed by atoms with Gasteiger partial charge >= 0.3 is 17.1 Å². The van der Waals surface area contributed by atoms with Crippen LogP contribution in [-0.4, -0.2) is 42.0 Å². The standard InChI is InChI=1S/2C4H7N5O.Cu/c2*5-3-2(4(6)9-10)7-1-8-3;/h2*1,10H,5H2,(H2,6,9)(H,7,8);/q;;+2. The number of H-pyrrole nitrogens is 2. The Morgan fingerprint density at radius 2 is 1.24 bits per heavy atom. The molecule has 0 amide bonds. The second-order valence-corrected chi connectivity index (χ2v) is 3.30. The van der Waals surface area contributed by atoms with E-state index < -0.39 is 0 Å². The van der Waals surface area contributed by atoms with Crippen LogP contribution >= 0.6 is 0 Å². The average molecular weight is 346 g/mol. The Labute approximate surface area is 128 Å². The SMILES string of the molecule is N/C(=N\O)c1[nH]cnc1N.N/C(=N\O)c1[nH]cnc1N.[Cu+2]. The molecule has 2 rings (SSSR count). The minimum Gasteiger partial charge on any atom is -0.409 e. The Bertz CT molecular complexity index is 564. The Kier molecular flexibility index (Phi) is 7.14. The van der Waals surface area contributed by atoms with E-state index in [0.717, 1.165) is 0 Å². The summed E-state index contributed by atoms with van der Waals surface area (Å²) in [5, 5.41) is 21.9. The molecule has 2 heterocycles. The first kappa shape index (κ1) is 18.1. The summed E-state index contributed by atoms with van der Waals surface area (Å²) in [7, 11) is 0. The van der Waals surface area contributed by atoms with Gasteiger partial charge in [-0.15, -0.1) is 0 Å². The third-order valence-electron chi connectivity index (χ3n) is 2.07. The van der Waals surface area contributed by atoms with Crippen LogP contribution in [0.25, 0.3) is 0 Å². The van der Waals surface area contributed by atoms with E-state index in [0.29, 0.717) is 11.4 Å². The minimum absolute atomic E-state index is 0. The topological polar surface area (TPSA) is 227 Å². The molecule has 0 atom stereocenters. The van der Waals surface area contributed by atoms with Gasteiger partial charge in [0.05, 0.1) is 12.7 Å². The molecule has 0 aliphatic carbocycles. The smallest absolute Gasteiger partial charge is 0.409 e. The maximum absolute atomic E-state index is 8.19. The molecule has 21 heavy (non-hydrogen) atoms. The maximum Gasteiger partial charge on any atom is 2.00 e. The average Bonchev–Trinajstić information content (AvgIpc) is 3.06. The zero-order valence-electron chi connectivity index (χ0n) is 10.4. The van der Waals surface area contributed by atoms with Gasteiger partial charge in [0.15, 0.2) is 23.3 Å². The van der Waals surface area contributed by atoms with Crippen molar-refractivity contribution in [2.75, 3.05) is 11.5 Å². The molecular weight excluding hydrogens is 332 g/mol. The summed E-state index contributed by atoms with van der Waals surface area (Å²) in [5.74, 6) is 0.288. The van der Waals surface area contributed by atoms with Crippen molar-refractivity contribution in [3.05, 3.63) is 24.0 Å². The molecule has 0 spiro atoms. The van der Waals surface area contributed by atoms with Crippen molar-refractivity contribution in [3.8, 4) is 0 Å². The van der Waals surface area contributed by atoms with Crippen molar-refractivity contribution in [2.24, 2.45) is 21.8 Å². The number of nitrogen functional groups attached to an aromatic ring is 2. The number of hydrogen-bond acceptors (Lipinski definition) is 8. The number of aromatic nitrogens is 4. The van der Waals surface area contributed by atoms with Gasteiger partial charge in [-0.05, 0) is 0 Å². The first-order chi connectivity index (χ1) is 9.51. The molecule has 2 aromatic rings. The molecule has 0 fully saturated rings. The van der Waals surface area contributed by atoms with E-state index in [-0.39, 0.29) is 40.4 Å². The summed E-state index contributed by atoms with van der Waals surface area (Å²) in [6.45, 7) is 0. The zero-order valence-corrected chi connectivity index (χ0v) is 11.4. The number of nitrogens with zero attached hydrogens (tertiary/aromatic N) is 4. The quantitative estimate of drug-likeness (QED) is 0.101. The van der Waals surface area contributed by atoms with E-state index in [4.69, 9.17) is 33.3 Å². The Hall–Kier alpha value is -2.92. The summed E-state index contributed by atoms with van der Waals surface area (Å²) in [6, 6.07) is 0. The summed E-state index contributed by atoms with van der Waals surface area (Å²) in [6.07, 6.45) is 2.73. The fourth-order valence-corrected chi connectivity index (χ4v) is 1.12. The molecule has 0 aliphatic rings. The Morgan fingerprint density at radius 1 is 0.905 bits per heavy atom. The van der Waals surface area contributed by atoms with E-state index in [1.54, 1.807) is 0 Å². The largest absolute Gasteiger partial charge is 2.00 e. The van der Waals surface area contributed by atoms with E-state index >= 15 is 0 Å². The van der Waals surface area contributed by atoms with Crippen LogP contribution in [0.5, 0.6) is 0 Å². The van der Waals surface area contributed by atoms with Crippen molar-refractivity contribution in [2.45, 2.75) is 0 Å². The van der Waals surface area contributed by atoms with Gasteiger partial charge in [0.25, 0.3) is 0 Å². The molecule has 0 aromatic carbocycles. The van der Waals surface area contributed by atoms with Crippen molar-refractivity contribution in [1.82, 2.24) is 19.9 Å². The number of nitrogens with two attached hydrogens (primary N) is 4. The molecule has 12 N–H and O–H groups in total. The Balaban J connectivity index is 0.000000364. The van der Waals surface area contributed by atoms with E-state index in [2.05, 4.69) is 30.2 Å². The Morgan fingerprint density at radius 3 is 1.43 bits per heavy atom. The van der Waals surface area contributed by atoms with Gasteiger partial charge in [-0.25, -0.2) is 9.97 Å². The van der Waals surface area contributed by atoms with Gasteiger partial charge in [-0.3, -0.25) is 0 Å². The van der Waals surface area contributed by atoms with Crippen molar-refractivity contribution < 1.29 is 27.5 Å². The van der Waals surface area contributed by atoms with Gasteiger partial charge in [-0.2, -0.15) is 0 Å². The van der Waals surface area contributed by atoms with E-state index in [9.17, 15) is 0 Å². The summed E-state index contributed by atoms with van der Waals surface area (Å²) < 4.78 is 0. The van der Waals surface area contributed by atoms with Gasteiger partial charge in [0, 0.05) is 0 Å². The molecule has 117 valence electrons. The van der Waals surface area contributed by atoms with Gasteiger partial charge in [0.2, 0.25) is 0 Å². The number of amidine groups is 2. The normalized spacial score (nSPS) is 11.2. The third kappa shape index (κ3) is 4.59. The molecule has 0 bridgehead atoms. The molecule has 0 saturated heterocycles. The monoisotopic (exact) mass is 345 g/mol. The summed E-state index contributed by atoms with van der Waals surface area (Å²) >= 11 is 0. The number of imidazole rings is 2. The van der Waals surface area contributed by atoms with Crippen LogP contribution in [0, 0.1) is 0 Å². The number of anilines is 2. The van der Waals surface area contributed by atoms with Crippen LogP contribution in [0.1, 0.15) is 11.4 Å². The van der Waals surface area contributed by atoms with Crippen molar-refractivity contribution in [3.63, 3.8) is 0 Å². The molecule has 0 aliphatic heterocycles. The van der Waals surface area contributed by atoms with Crippen molar-refractivity contribution >= 4 is 23.3 Å². The fraction of sp³-hybridized carbons (Fsp3) is 0.